The highest BCUT2D eigenvalue weighted by molar-refractivity contribution is 6.05. The Morgan fingerprint density at radius 1 is 0.603 bits per heavy atom. The molecule has 0 radical (unpaired) electrons. The van der Waals surface area contributed by atoms with Crippen LogP contribution in [0.4, 0.5) is 17.1 Å². The van der Waals surface area contributed by atoms with Crippen LogP contribution in [0.1, 0.15) is 95.8 Å². The van der Waals surface area contributed by atoms with Crippen LogP contribution in [0.3, 0.4) is 0 Å². The van der Waals surface area contributed by atoms with Crippen molar-refractivity contribution in [2.45, 2.75) is 67.2 Å². The molecule has 10 rings (SSSR count). The van der Waals surface area contributed by atoms with Crippen LogP contribution < -0.4 is 16.0 Å². The average Bonchev–Trinajstić information content (AvgIpc) is 4.26. The Kier molecular flexibility index (Phi) is 15.4. The molecule has 4 aromatic heterocycles. The molecule has 2 aliphatic rings. The maximum absolute atomic E-state index is 13.4. The van der Waals surface area contributed by atoms with Gasteiger partial charge in [-0.15, -0.1) is 0 Å². The number of aryl methyl sites for hydroxylation is 3. The van der Waals surface area contributed by atoms with Gasteiger partial charge in [0.15, 0.2) is 11.4 Å². The van der Waals surface area contributed by atoms with Gasteiger partial charge in [0.25, 0.3) is 23.6 Å². The van der Waals surface area contributed by atoms with Gasteiger partial charge in [-0.05, 0) is 98.1 Å². The number of fused-ring (bicyclic) bond motifs is 2. The van der Waals surface area contributed by atoms with Crippen LogP contribution in [-0.2, 0) is 43.8 Å². The maximum atomic E-state index is 13.4. The van der Waals surface area contributed by atoms with Crippen LogP contribution in [0.15, 0.2) is 146 Å². The number of aromatic amines is 2. The van der Waals surface area contributed by atoms with Gasteiger partial charge in [0.1, 0.15) is 23.0 Å². The minimum Gasteiger partial charge on any atom is -0.357 e. The molecule has 0 saturated carbocycles. The smallest absolute Gasteiger partial charge is 0.276 e. The second-order valence-corrected chi connectivity index (χ2v) is 17.7. The topological polar surface area (TPSA) is 195 Å². The van der Waals surface area contributed by atoms with E-state index in [0.29, 0.717) is 79.1 Å². The number of benzene rings is 4. The molecule has 6 heterocycles. The zero-order valence-electron chi connectivity index (χ0n) is 40.4. The van der Waals surface area contributed by atoms with Gasteiger partial charge in [-0.25, -0.2) is 9.97 Å². The van der Waals surface area contributed by atoms with Gasteiger partial charge in [0.2, 0.25) is 5.91 Å². The number of aromatic nitrogens is 6. The van der Waals surface area contributed by atoms with E-state index in [9.17, 15) is 24.0 Å². The van der Waals surface area contributed by atoms with Crippen LogP contribution >= 0.6 is 0 Å². The lowest BCUT2D eigenvalue weighted by atomic mass is 10.1. The van der Waals surface area contributed by atoms with Crippen molar-refractivity contribution in [2.24, 2.45) is 0 Å². The lowest BCUT2D eigenvalue weighted by Gasteiger charge is -2.29. The van der Waals surface area contributed by atoms with E-state index in [-0.39, 0.29) is 49.2 Å². The van der Waals surface area contributed by atoms with Crippen molar-refractivity contribution in [2.75, 3.05) is 29.0 Å². The fourth-order valence-corrected chi connectivity index (χ4v) is 8.87. The number of amides is 5. The number of anilines is 3. The van der Waals surface area contributed by atoms with Crippen molar-refractivity contribution in [3.05, 3.63) is 209 Å². The van der Waals surface area contributed by atoms with E-state index in [1.54, 1.807) is 52.5 Å². The van der Waals surface area contributed by atoms with Crippen molar-refractivity contribution in [3.63, 3.8) is 0 Å². The van der Waals surface area contributed by atoms with E-state index in [1.165, 1.54) is 11.6 Å². The van der Waals surface area contributed by atoms with Crippen LogP contribution in [0.5, 0.6) is 0 Å². The third-order valence-corrected chi connectivity index (χ3v) is 12.7. The molecule has 372 valence electrons. The zero-order valence-corrected chi connectivity index (χ0v) is 40.4. The first-order chi connectivity index (χ1) is 34.9. The summed E-state index contributed by atoms with van der Waals surface area (Å²) in [6.07, 6.45) is 6.24. The molecule has 5 N–H and O–H groups in total. The van der Waals surface area contributed by atoms with Gasteiger partial charge in [0.05, 0.1) is 24.5 Å². The summed E-state index contributed by atoms with van der Waals surface area (Å²) >= 11 is 0. The first-order valence-corrected chi connectivity index (χ1v) is 23.8. The summed E-state index contributed by atoms with van der Waals surface area (Å²) in [5.41, 5.74) is 10.4. The van der Waals surface area contributed by atoms with Gasteiger partial charge in [-0.2, -0.15) is 0 Å². The summed E-state index contributed by atoms with van der Waals surface area (Å²) in [6.45, 7) is 12.2. The predicted molar refractivity (Wildman–Crippen MR) is 283 cm³/mol. The van der Waals surface area contributed by atoms with Gasteiger partial charge >= 0.3 is 0 Å². The second kappa shape index (κ2) is 22.4. The number of carbonyl (C=O) groups is 5. The molecule has 0 aliphatic carbocycles. The predicted octanol–water partition coefficient (Wildman–Crippen LogP) is 9.44. The molecule has 16 heteroatoms. The van der Waals surface area contributed by atoms with E-state index in [0.717, 1.165) is 45.9 Å². The van der Waals surface area contributed by atoms with E-state index >= 15 is 0 Å². The van der Waals surface area contributed by atoms with Gasteiger partial charge in [-0.1, -0.05) is 92.7 Å². The normalized spacial score (nSPS) is 12.5. The monoisotopic (exact) mass is 977 g/mol. The molecular weight excluding hydrogens is 919 g/mol. The van der Waals surface area contributed by atoms with Crippen LogP contribution in [-0.4, -0.2) is 81.5 Å². The third-order valence-electron chi connectivity index (χ3n) is 12.7. The Labute approximate surface area is 424 Å². The Morgan fingerprint density at radius 3 is 1.68 bits per heavy atom. The molecule has 0 fully saturated rings. The minimum absolute atomic E-state index is 0. The van der Waals surface area contributed by atoms with Gasteiger partial charge in [-0.3, -0.25) is 24.0 Å². The molecule has 0 atom stereocenters. The van der Waals surface area contributed by atoms with E-state index in [4.69, 9.17) is 9.97 Å². The summed E-state index contributed by atoms with van der Waals surface area (Å²) in [5.74, 6) is 0.269. The molecule has 73 heavy (non-hydrogen) atoms. The van der Waals surface area contributed by atoms with E-state index < -0.39 is 0 Å². The van der Waals surface area contributed by atoms with E-state index in [2.05, 4.69) is 68.3 Å². The van der Waals surface area contributed by atoms with Crippen molar-refractivity contribution in [1.82, 2.24) is 38.9 Å². The second-order valence-electron chi connectivity index (χ2n) is 17.7. The van der Waals surface area contributed by atoms with Crippen molar-refractivity contribution in [1.29, 1.82) is 0 Å². The number of imidazole rings is 2. The molecule has 0 saturated heterocycles. The fraction of sp³-hybridized carbons (Fsp3) is 0.211. The van der Waals surface area contributed by atoms with E-state index in [1.807, 2.05) is 85.1 Å². The number of nitrogens with one attached hydrogen (secondary N) is 5. The Hall–Kier alpha value is -9.05. The molecule has 8 aromatic rings. The summed E-state index contributed by atoms with van der Waals surface area (Å²) in [6, 6.07) is 38.0. The highest BCUT2D eigenvalue weighted by Crippen LogP contribution is 2.30. The number of hydrogen-bond acceptors (Lipinski definition) is 7. The molecule has 2 aliphatic heterocycles. The van der Waals surface area contributed by atoms with Crippen molar-refractivity contribution >= 4 is 46.6 Å². The first-order valence-electron chi connectivity index (χ1n) is 23.8. The Bertz CT molecular complexity index is 3280. The van der Waals surface area contributed by atoms with Crippen LogP contribution in [0.25, 0.3) is 11.4 Å². The molecule has 5 amide bonds. The maximum Gasteiger partial charge on any atom is 0.276 e. The molecule has 0 unspecified atom stereocenters. The third kappa shape index (κ3) is 11.4. The quantitative estimate of drug-likeness (QED) is 0.0752. The minimum atomic E-state index is -0.357. The summed E-state index contributed by atoms with van der Waals surface area (Å²) in [5, 5.41) is 8.66. The van der Waals surface area contributed by atoms with Gasteiger partial charge < -0.3 is 44.9 Å². The number of carbonyl (C=O) groups excluding carboxylic acids is 5. The largest absolute Gasteiger partial charge is 0.357 e. The number of H-pyrrole nitrogens is 2. The Morgan fingerprint density at radius 2 is 1.14 bits per heavy atom. The number of rotatable bonds is 12. The fourth-order valence-electron chi connectivity index (χ4n) is 8.87. The van der Waals surface area contributed by atoms with Crippen LogP contribution in [0.2, 0.25) is 0 Å². The van der Waals surface area contributed by atoms with Crippen LogP contribution in [0, 0.1) is 13.8 Å². The highest BCUT2D eigenvalue weighted by Gasteiger charge is 2.32. The highest BCUT2D eigenvalue weighted by atomic mass is 16.2. The van der Waals surface area contributed by atoms with Crippen molar-refractivity contribution in [3.8, 4) is 11.4 Å². The zero-order chi connectivity index (χ0) is 50.3. The summed E-state index contributed by atoms with van der Waals surface area (Å²) in [4.78, 5) is 83.6. The average molecular weight is 978 g/mol. The molecule has 4 aromatic carbocycles. The number of hydrogen-bond donors (Lipinski definition) is 5. The molecule has 0 spiro atoms. The summed E-state index contributed by atoms with van der Waals surface area (Å²) in [7, 11) is 0. The Balaban J connectivity index is 0.000000192. The lowest BCUT2D eigenvalue weighted by molar-refractivity contribution is -0.111. The SMILES string of the molecule is C.C=CC(=O)Nc1cccc(-c2nc(C(=O)Nc3ccc(C)cc3)c3n2CCN(C(=O)c2ccc[nH]2)C3)c1.CCc1cccc(Cc2nc(C(=O)Nc3ccc(C)cc3)c3n2CCN(C(=O)c2ccc[nH]2)C3)c1. The molecule has 16 nitrogen and oxygen atoms in total. The first kappa shape index (κ1) is 50.3. The summed E-state index contributed by atoms with van der Waals surface area (Å²) < 4.78 is 4.08. The van der Waals surface area contributed by atoms with Gasteiger partial charge in [0, 0.05) is 67.6 Å². The standard InChI is InChI=1S/C28H26N6O3.C28H29N5O2.CH4/c1-3-24(35)30-21-7-4-6-19(16-21)26-32-25(27(36)31-20-11-9-18(2)10-12-20)23-17-33(14-15-34(23)26)28(37)22-8-5-13-29-22;1-3-20-6-4-7-21(16-20)17-25-31-26(27(34)30-22-11-9-19(2)10-12-22)24-18-32(14-15-33(24)25)28(35)23-8-5-13-29-23;/h3-13,16,29H,1,14-15,17H2,2H3,(H,30,35)(H,31,36);4-13,16,29H,3,14-15,17-18H2,1-2H3,(H,30,34);1H4. The number of nitrogens with zero attached hydrogens (tertiary/aromatic N) is 6. The molecular formula is C57H59N11O5. The van der Waals surface area contributed by atoms with Crippen molar-refractivity contribution < 1.29 is 24.0 Å². The lowest BCUT2D eigenvalue weighted by Crippen LogP contribution is -2.39. The molecule has 0 bridgehead atoms.